The van der Waals surface area contributed by atoms with Gasteiger partial charge in [0.25, 0.3) is 0 Å². The second-order valence-corrected chi connectivity index (χ2v) is 4.49. The van der Waals surface area contributed by atoms with Gasteiger partial charge >= 0.3 is 0 Å². The Morgan fingerprint density at radius 1 is 1.39 bits per heavy atom. The molecule has 0 fully saturated rings. The topological polar surface area (TPSA) is 115 Å². The van der Waals surface area contributed by atoms with Crippen LogP contribution in [0.5, 0.6) is 0 Å². The van der Waals surface area contributed by atoms with E-state index in [2.05, 4.69) is 10.0 Å². The van der Waals surface area contributed by atoms with E-state index in [-0.39, 0.29) is 29.2 Å². The second kappa shape index (κ2) is 6.68. The molecule has 0 aliphatic heterocycles. The molecule has 2 atom stereocenters. The first-order chi connectivity index (χ1) is 8.47. The summed E-state index contributed by atoms with van der Waals surface area (Å²) in [5, 5.41) is 23.5. The van der Waals surface area contributed by atoms with Crippen molar-refractivity contribution in [3.8, 4) is 0 Å². The van der Waals surface area contributed by atoms with E-state index in [0.29, 0.717) is 5.02 Å². The summed E-state index contributed by atoms with van der Waals surface area (Å²) in [6, 6.07) is 2.88. The minimum atomic E-state index is -1.24. The number of nitrogen functional groups attached to an aromatic ring is 1. The van der Waals surface area contributed by atoms with E-state index in [1.54, 1.807) is 0 Å². The lowest BCUT2D eigenvalue weighted by atomic mass is 10.0. The molecule has 0 bridgehead atoms. The van der Waals surface area contributed by atoms with Crippen LogP contribution in [0.2, 0.25) is 10.0 Å². The fraction of sp³-hybridized carbons (Fsp3) is 0.400. The van der Waals surface area contributed by atoms with Crippen molar-refractivity contribution in [1.29, 1.82) is 0 Å². The highest BCUT2D eigenvalue weighted by atomic mass is 35.5. The maximum absolute atomic E-state index is 9.94. The van der Waals surface area contributed by atoms with Crippen LogP contribution in [0.3, 0.4) is 0 Å². The van der Waals surface area contributed by atoms with Gasteiger partial charge in [-0.15, -0.1) is 0 Å². The Morgan fingerprint density at radius 2 is 2.06 bits per heavy atom. The molecule has 0 saturated heterocycles. The Hall–Kier alpha value is -1.17. The number of anilines is 1. The fourth-order valence-corrected chi connectivity index (χ4v) is 1.96. The molecule has 1 aromatic carbocycles. The van der Waals surface area contributed by atoms with Gasteiger partial charge in [0.1, 0.15) is 6.10 Å². The number of rotatable bonds is 5. The quantitative estimate of drug-likeness (QED) is 0.335. The van der Waals surface area contributed by atoms with Crippen LogP contribution in [0.15, 0.2) is 17.2 Å². The fourth-order valence-electron chi connectivity index (χ4n) is 1.45. The van der Waals surface area contributed by atoms with E-state index in [1.807, 2.05) is 0 Å². The summed E-state index contributed by atoms with van der Waals surface area (Å²) >= 11 is 11.6. The molecule has 0 aliphatic carbocycles. The van der Waals surface area contributed by atoms with Crippen molar-refractivity contribution in [2.45, 2.75) is 18.6 Å². The first-order valence-corrected chi connectivity index (χ1v) is 5.84. The van der Waals surface area contributed by atoms with Gasteiger partial charge in [-0.3, -0.25) is 0 Å². The van der Waals surface area contributed by atoms with Crippen LogP contribution in [-0.4, -0.2) is 22.9 Å². The molecular weight excluding hydrogens is 279 g/mol. The Morgan fingerprint density at radius 3 is 2.67 bits per heavy atom. The maximum Gasteiger partial charge on any atom is 0.107 e. The van der Waals surface area contributed by atoms with Crippen molar-refractivity contribution in [1.82, 2.24) is 0 Å². The highest BCUT2D eigenvalue weighted by molar-refractivity contribution is 6.36. The largest absolute Gasteiger partial charge is 0.397 e. The van der Waals surface area contributed by atoms with Crippen LogP contribution in [0.1, 0.15) is 18.1 Å². The molecule has 1 rings (SSSR count). The molecule has 0 saturated carbocycles. The molecule has 0 aliphatic rings. The van der Waals surface area contributed by atoms with Crippen molar-refractivity contribution >= 4 is 28.9 Å². The van der Waals surface area contributed by atoms with Gasteiger partial charge in [0.15, 0.2) is 0 Å². The minimum Gasteiger partial charge on any atom is -0.397 e. The first kappa shape index (κ1) is 14.9. The summed E-state index contributed by atoms with van der Waals surface area (Å²) in [5.41, 5.74) is 14.2. The van der Waals surface area contributed by atoms with Crippen LogP contribution in [0.25, 0.3) is 10.4 Å². The smallest absolute Gasteiger partial charge is 0.107 e. The molecule has 18 heavy (non-hydrogen) atoms. The average molecular weight is 291 g/mol. The summed E-state index contributed by atoms with van der Waals surface area (Å²) in [5.74, 6) is 0. The van der Waals surface area contributed by atoms with E-state index in [0.717, 1.165) is 0 Å². The minimum absolute atomic E-state index is 0.0724. The van der Waals surface area contributed by atoms with Crippen LogP contribution in [-0.2, 0) is 0 Å². The summed E-state index contributed by atoms with van der Waals surface area (Å²) in [7, 11) is 0. The standard InChI is InChI=1S/C10H12Cl2N4O2/c11-5-3-6(9(13)7(12)4-5)10(18)8(17)1-2-15-16-14/h3-4,8,10,17-18H,1-2,13H2. The molecule has 0 radical (unpaired) electrons. The third-order valence-electron chi connectivity index (χ3n) is 2.40. The van der Waals surface area contributed by atoms with Gasteiger partial charge in [0, 0.05) is 22.0 Å². The van der Waals surface area contributed by atoms with E-state index >= 15 is 0 Å². The number of hydrogen-bond acceptors (Lipinski definition) is 4. The molecule has 0 aromatic heterocycles. The SMILES string of the molecule is [N-]=[N+]=NCCC(O)C(O)c1cc(Cl)cc(Cl)c1N. The third kappa shape index (κ3) is 3.66. The lowest BCUT2D eigenvalue weighted by Crippen LogP contribution is -2.20. The van der Waals surface area contributed by atoms with E-state index in [9.17, 15) is 10.2 Å². The zero-order valence-electron chi connectivity index (χ0n) is 9.29. The Labute approximate surface area is 114 Å². The highest BCUT2D eigenvalue weighted by Crippen LogP contribution is 2.33. The normalized spacial score (nSPS) is 13.8. The van der Waals surface area contributed by atoms with Gasteiger partial charge < -0.3 is 15.9 Å². The molecule has 4 N–H and O–H groups in total. The van der Waals surface area contributed by atoms with Crippen molar-refractivity contribution in [3.05, 3.63) is 38.2 Å². The number of nitrogens with zero attached hydrogens (tertiary/aromatic N) is 3. The highest BCUT2D eigenvalue weighted by Gasteiger charge is 2.21. The van der Waals surface area contributed by atoms with E-state index in [1.165, 1.54) is 12.1 Å². The number of hydrogen-bond donors (Lipinski definition) is 3. The average Bonchev–Trinajstić information content (AvgIpc) is 2.33. The van der Waals surface area contributed by atoms with Crippen LogP contribution >= 0.6 is 23.2 Å². The van der Waals surface area contributed by atoms with E-state index < -0.39 is 12.2 Å². The first-order valence-electron chi connectivity index (χ1n) is 5.08. The van der Waals surface area contributed by atoms with Crippen molar-refractivity contribution in [3.63, 3.8) is 0 Å². The number of aliphatic hydroxyl groups is 2. The summed E-state index contributed by atoms with van der Waals surface area (Å²) in [6.45, 7) is 0.0724. The molecule has 8 heteroatoms. The predicted octanol–water partition coefficient (Wildman–Crippen LogP) is 2.67. The third-order valence-corrected chi connectivity index (χ3v) is 2.93. The monoisotopic (exact) mass is 290 g/mol. The number of benzene rings is 1. The molecule has 0 amide bonds. The molecule has 98 valence electrons. The summed E-state index contributed by atoms with van der Waals surface area (Å²) in [4.78, 5) is 2.55. The number of nitrogens with two attached hydrogens (primary N) is 1. The zero-order chi connectivity index (χ0) is 13.7. The molecule has 0 heterocycles. The summed E-state index contributed by atoms with van der Waals surface area (Å²) in [6.07, 6.45) is -2.25. The van der Waals surface area contributed by atoms with Crippen LogP contribution < -0.4 is 5.73 Å². The number of halogens is 2. The van der Waals surface area contributed by atoms with Gasteiger partial charge in [-0.2, -0.15) is 0 Å². The zero-order valence-corrected chi connectivity index (χ0v) is 10.8. The Bertz CT molecular complexity index is 477. The molecule has 2 unspecified atom stereocenters. The van der Waals surface area contributed by atoms with Crippen LogP contribution in [0.4, 0.5) is 5.69 Å². The van der Waals surface area contributed by atoms with E-state index in [4.69, 9.17) is 34.5 Å². The molecule has 6 nitrogen and oxygen atoms in total. The van der Waals surface area contributed by atoms with Gasteiger partial charge in [0.2, 0.25) is 0 Å². The molecule has 1 aromatic rings. The lowest BCUT2D eigenvalue weighted by Gasteiger charge is -2.19. The van der Waals surface area contributed by atoms with Crippen LogP contribution in [0, 0.1) is 0 Å². The second-order valence-electron chi connectivity index (χ2n) is 3.65. The van der Waals surface area contributed by atoms with Gasteiger partial charge in [-0.25, -0.2) is 0 Å². The lowest BCUT2D eigenvalue weighted by molar-refractivity contribution is 0.0155. The number of aliphatic hydroxyl groups excluding tert-OH is 2. The van der Waals surface area contributed by atoms with Gasteiger partial charge in [-0.05, 0) is 24.1 Å². The Kier molecular flexibility index (Phi) is 5.53. The van der Waals surface area contributed by atoms with Crippen molar-refractivity contribution < 1.29 is 10.2 Å². The number of azide groups is 1. The molecular formula is C10H12Cl2N4O2. The summed E-state index contributed by atoms with van der Waals surface area (Å²) < 4.78 is 0. The Balaban J connectivity index is 2.89. The maximum atomic E-state index is 9.94. The van der Waals surface area contributed by atoms with Crippen molar-refractivity contribution in [2.75, 3.05) is 12.3 Å². The molecule has 0 spiro atoms. The van der Waals surface area contributed by atoms with Crippen molar-refractivity contribution in [2.24, 2.45) is 5.11 Å². The van der Waals surface area contributed by atoms with Gasteiger partial charge in [-0.1, -0.05) is 28.3 Å². The van der Waals surface area contributed by atoms with Gasteiger partial charge in [0.05, 0.1) is 16.8 Å². The predicted molar refractivity (Wildman–Crippen MR) is 70.5 cm³/mol.